The van der Waals surface area contributed by atoms with Gasteiger partial charge in [0.15, 0.2) is 5.82 Å². The Morgan fingerprint density at radius 1 is 1.47 bits per heavy atom. The van der Waals surface area contributed by atoms with Crippen molar-refractivity contribution < 1.29 is 4.79 Å². The van der Waals surface area contributed by atoms with E-state index in [1.807, 2.05) is 17.8 Å². The van der Waals surface area contributed by atoms with Crippen LogP contribution < -0.4 is 5.32 Å². The molecule has 3 rings (SSSR count). The second-order valence-corrected chi connectivity index (χ2v) is 5.24. The number of H-pyrrole nitrogens is 1. The Morgan fingerprint density at radius 3 is 2.89 bits per heavy atom. The zero-order valence-corrected chi connectivity index (χ0v) is 11.3. The van der Waals surface area contributed by atoms with Crippen LogP contribution in [0, 0.1) is 0 Å². The van der Waals surface area contributed by atoms with Crippen molar-refractivity contribution in [3.8, 4) is 0 Å². The van der Waals surface area contributed by atoms with Crippen LogP contribution in [0.5, 0.6) is 0 Å². The van der Waals surface area contributed by atoms with E-state index in [1.165, 1.54) is 0 Å². The Morgan fingerprint density at radius 2 is 2.26 bits per heavy atom. The maximum absolute atomic E-state index is 11.8. The maximum atomic E-state index is 11.8. The van der Waals surface area contributed by atoms with Gasteiger partial charge in [0.05, 0.1) is 0 Å². The predicted octanol–water partition coefficient (Wildman–Crippen LogP) is 1.74. The molecule has 100 valence electrons. The molecule has 3 heterocycles. The summed E-state index contributed by atoms with van der Waals surface area (Å²) >= 11 is 0. The molecule has 6 nitrogen and oxygen atoms in total. The zero-order valence-electron chi connectivity index (χ0n) is 11.3. The molecule has 0 bridgehead atoms. The minimum atomic E-state index is 0.000469. The molecule has 2 N–H and O–H groups in total. The van der Waals surface area contributed by atoms with Crippen molar-refractivity contribution in [1.29, 1.82) is 0 Å². The number of nitrogens with one attached hydrogen (secondary N) is 2. The highest BCUT2D eigenvalue weighted by Crippen LogP contribution is 2.39. The molecule has 1 amide bonds. The summed E-state index contributed by atoms with van der Waals surface area (Å²) in [5.74, 6) is 1.01. The lowest BCUT2D eigenvalue weighted by molar-refractivity contribution is -0.116. The molecule has 2 aromatic rings. The van der Waals surface area contributed by atoms with E-state index in [4.69, 9.17) is 0 Å². The molecule has 0 saturated carbocycles. The van der Waals surface area contributed by atoms with Gasteiger partial charge in [0.1, 0.15) is 0 Å². The first-order chi connectivity index (χ1) is 9.08. The van der Waals surface area contributed by atoms with Crippen LogP contribution in [0.15, 0.2) is 12.3 Å². The first kappa shape index (κ1) is 12.0. The zero-order chi connectivity index (χ0) is 13.6. The summed E-state index contributed by atoms with van der Waals surface area (Å²) in [6, 6.07) is 1.96. The van der Waals surface area contributed by atoms with Crippen LogP contribution in [0.4, 0.5) is 5.82 Å². The Bertz CT molecular complexity index is 625. The van der Waals surface area contributed by atoms with Gasteiger partial charge in [-0.05, 0) is 12.0 Å². The first-order valence-electron chi connectivity index (χ1n) is 6.43. The number of aromatic nitrogens is 4. The second-order valence-electron chi connectivity index (χ2n) is 5.24. The molecular formula is C13H17N5O. The van der Waals surface area contributed by atoms with E-state index in [2.05, 4.69) is 34.5 Å². The van der Waals surface area contributed by atoms with Crippen LogP contribution in [-0.4, -0.2) is 25.9 Å². The molecule has 0 saturated heterocycles. The van der Waals surface area contributed by atoms with Gasteiger partial charge >= 0.3 is 0 Å². The summed E-state index contributed by atoms with van der Waals surface area (Å²) in [5.41, 5.74) is 3.22. The second kappa shape index (κ2) is 4.22. The lowest BCUT2D eigenvalue weighted by Crippen LogP contribution is -2.25. The number of hydrogen-bond acceptors (Lipinski definition) is 3. The number of carbonyl (C=O) groups excluding carboxylic acids is 1. The van der Waals surface area contributed by atoms with Gasteiger partial charge in [0.2, 0.25) is 5.91 Å². The van der Waals surface area contributed by atoms with Crippen LogP contribution >= 0.6 is 0 Å². The quantitative estimate of drug-likeness (QED) is 0.862. The minimum Gasteiger partial charge on any atom is -0.309 e. The number of carbonyl (C=O) groups is 1. The lowest BCUT2D eigenvalue weighted by Gasteiger charge is -2.23. The van der Waals surface area contributed by atoms with E-state index < -0.39 is 0 Å². The summed E-state index contributed by atoms with van der Waals surface area (Å²) in [6.07, 6.45) is 2.20. The number of nitrogens with zero attached hydrogens (tertiary/aromatic N) is 3. The summed E-state index contributed by atoms with van der Waals surface area (Å²) in [6.45, 7) is 4.23. The molecule has 0 aromatic carbocycles. The fourth-order valence-corrected chi connectivity index (χ4v) is 2.70. The monoisotopic (exact) mass is 259 g/mol. The van der Waals surface area contributed by atoms with Gasteiger partial charge in [-0.25, -0.2) is 0 Å². The fourth-order valence-electron chi connectivity index (χ4n) is 2.70. The number of aryl methyl sites for hydroxylation is 1. The predicted molar refractivity (Wildman–Crippen MR) is 71.0 cm³/mol. The Labute approximate surface area is 111 Å². The first-order valence-corrected chi connectivity index (χ1v) is 6.43. The Kier molecular flexibility index (Phi) is 2.66. The number of hydrogen-bond donors (Lipinski definition) is 2. The van der Waals surface area contributed by atoms with Crippen LogP contribution in [0.1, 0.15) is 49.1 Å². The summed E-state index contributed by atoms with van der Waals surface area (Å²) in [5, 5.41) is 14.3. The van der Waals surface area contributed by atoms with Gasteiger partial charge in [-0.1, -0.05) is 13.8 Å². The van der Waals surface area contributed by atoms with E-state index in [1.54, 1.807) is 6.20 Å². The van der Waals surface area contributed by atoms with Crippen LogP contribution in [-0.2, 0) is 11.8 Å². The topological polar surface area (TPSA) is 75.6 Å². The van der Waals surface area contributed by atoms with Crippen molar-refractivity contribution in [3.63, 3.8) is 0 Å². The van der Waals surface area contributed by atoms with Gasteiger partial charge in [0.25, 0.3) is 0 Å². The summed E-state index contributed by atoms with van der Waals surface area (Å²) in [7, 11) is 1.90. The van der Waals surface area contributed by atoms with Gasteiger partial charge in [-0.15, -0.1) is 0 Å². The highest BCUT2D eigenvalue weighted by Gasteiger charge is 2.33. The minimum absolute atomic E-state index is 0.000469. The Hall–Kier alpha value is -2.11. The van der Waals surface area contributed by atoms with E-state index in [9.17, 15) is 4.79 Å². The van der Waals surface area contributed by atoms with Crippen molar-refractivity contribution in [3.05, 3.63) is 29.2 Å². The molecule has 1 aliphatic rings. The molecule has 1 atom stereocenters. The third kappa shape index (κ3) is 1.83. The molecule has 1 unspecified atom stereocenters. The average Bonchev–Trinajstić information content (AvgIpc) is 2.93. The van der Waals surface area contributed by atoms with Crippen LogP contribution in [0.25, 0.3) is 0 Å². The number of fused-ring (bicyclic) bond motifs is 1. The number of aromatic amines is 1. The molecule has 2 aromatic heterocycles. The van der Waals surface area contributed by atoms with Gasteiger partial charge in [0, 0.05) is 42.5 Å². The standard InChI is InChI=1S/C13H17N5O/c1-7(2)12-11-8(9-4-5-14-18(9)3)6-10(19)15-13(11)17-16-12/h4-5,7-8H,6H2,1-3H3,(H2,15,16,17,19). The Balaban J connectivity index is 2.15. The molecule has 0 radical (unpaired) electrons. The normalized spacial score (nSPS) is 18.5. The largest absolute Gasteiger partial charge is 0.309 e. The molecule has 0 aliphatic carbocycles. The van der Waals surface area contributed by atoms with E-state index in [0.29, 0.717) is 18.2 Å². The van der Waals surface area contributed by atoms with E-state index >= 15 is 0 Å². The molecule has 6 heteroatoms. The highest BCUT2D eigenvalue weighted by atomic mass is 16.1. The van der Waals surface area contributed by atoms with Gasteiger partial charge in [-0.3, -0.25) is 14.6 Å². The summed E-state index contributed by atoms with van der Waals surface area (Å²) < 4.78 is 1.82. The fraction of sp³-hybridized carbons (Fsp3) is 0.462. The molecular weight excluding hydrogens is 242 g/mol. The third-order valence-corrected chi connectivity index (χ3v) is 3.62. The highest BCUT2D eigenvalue weighted by molar-refractivity contribution is 5.94. The molecule has 19 heavy (non-hydrogen) atoms. The molecule has 1 aliphatic heterocycles. The van der Waals surface area contributed by atoms with Gasteiger partial charge < -0.3 is 5.32 Å². The molecule has 0 fully saturated rings. The summed E-state index contributed by atoms with van der Waals surface area (Å²) in [4.78, 5) is 11.8. The van der Waals surface area contributed by atoms with Crippen molar-refractivity contribution in [2.45, 2.75) is 32.1 Å². The number of amides is 1. The SMILES string of the molecule is CC(C)c1[nH]nc2c1C(c1ccnn1C)CC(=O)N2. The van der Waals surface area contributed by atoms with E-state index in [-0.39, 0.29) is 11.8 Å². The van der Waals surface area contributed by atoms with Crippen molar-refractivity contribution in [2.75, 3.05) is 5.32 Å². The van der Waals surface area contributed by atoms with Gasteiger partial charge in [-0.2, -0.15) is 10.2 Å². The van der Waals surface area contributed by atoms with Crippen molar-refractivity contribution in [2.24, 2.45) is 7.05 Å². The third-order valence-electron chi connectivity index (χ3n) is 3.62. The van der Waals surface area contributed by atoms with E-state index in [0.717, 1.165) is 17.0 Å². The van der Waals surface area contributed by atoms with Crippen molar-refractivity contribution >= 4 is 11.7 Å². The van der Waals surface area contributed by atoms with Crippen LogP contribution in [0.3, 0.4) is 0 Å². The average molecular weight is 259 g/mol. The smallest absolute Gasteiger partial charge is 0.226 e. The lowest BCUT2D eigenvalue weighted by atomic mass is 9.86. The number of rotatable bonds is 2. The van der Waals surface area contributed by atoms with Crippen molar-refractivity contribution in [1.82, 2.24) is 20.0 Å². The number of anilines is 1. The maximum Gasteiger partial charge on any atom is 0.226 e. The molecule has 0 spiro atoms. The van der Waals surface area contributed by atoms with Crippen LogP contribution in [0.2, 0.25) is 0 Å².